The summed E-state index contributed by atoms with van der Waals surface area (Å²) < 4.78 is 0. The van der Waals surface area contributed by atoms with Crippen molar-refractivity contribution in [1.29, 1.82) is 0 Å². The highest BCUT2D eigenvalue weighted by atomic mass is 15.2. The molecule has 2 nitrogen and oxygen atoms in total. The van der Waals surface area contributed by atoms with E-state index in [1.54, 1.807) is 0 Å². The van der Waals surface area contributed by atoms with Gasteiger partial charge in [0.05, 0.1) is 0 Å². The highest BCUT2D eigenvalue weighted by molar-refractivity contribution is 4.89. The third-order valence-electron chi connectivity index (χ3n) is 3.92. The van der Waals surface area contributed by atoms with Crippen LogP contribution >= 0.6 is 0 Å². The number of hydrogen-bond acceptors (Lipinski definition) is 2. The molecule has 3 unspecified atom stereocenters. The molecule has 1 aliphatic carbocycles. The summed E-state index contributed by atoms with van der Waals surface area (Å²) in [5.41, 5.74) is 0. The monoisotopic (exact) mass is 226 g/mol. The molecule has 0 heterocycles. The first-order valence-corrected chi connectivity index (χ1v) is 6.99. The van der Waals surface area contributed by atoms with Gasteiger partial charge in [-0.25, -0.2) is 0 Å². The van der Waals surface area contributed by atoms with Crippen LogP contribution in [0.25, 0.3) is 0 Å². The van der Waals surface area contributed by atoms with E-state index < -0.39 is 0 Å². The zero-order valence-corrected chi connectivity index (χ0v) is 11.8. The third kappa shape index (κ3) is 3.74. The van der Waals surface area contributed by atoms with Gasteiger partial charge in [0.15, 0.2) is 0 Å². The molecule has 0 aromatic rings. The molecule has 0 spiro atoms. The summed E-state index contributed by atoms with van der Waals surface area (Å²) in [7, 11) is 2.12. The van der Waals surface area contributed by atoms with E-state index in [0.29, 0.717) is 6.04 Å². The molecule has 96 valence electrons. The second-order valence-corrected chi connectivity index (χ2v) is 5.86. The summed E-state index contributed by atoms with van der Waals surface area (Å²) in [6.45, 7) is 11.8. The van der Waals surface area contributed by atoms with Crippen molar-refractivity contribution >= 4 is 0 Å². The zero-order valence-electron chi connectivity index (χ0n) is 11.8. The van der Waals surface area contributed by atoms with Crippen LogP contribution in [0.15, 0.2) is 0 Å². The standard InChI is InChI=1S/C14H30N2/c1-6-16(10-11(2)3)14-9-12(4)7-8-13(14)15-5/h11-15H,6-10H2,1-5H3. The Bertz CT molecular complexity index is 191. The molecule has 0 aromatic carbocycles. The molecule has 1 fully saturated rings. The van der Waals surface area contributed by atoms with Crippen LogP contribution in [0.3, 0.4) is 0 Å². The van der Waals surface area contributed by atoms with Crippen molar-refractivity contribution in [2.75, 3.05) is 20.1 Å². The van der Waals surface area contributed by atoms with E-state index in [2.05, 4.69) is 45.0 Å². The molecular formula is C14H30N2. The number of likely N-dealkylation sites (N-methyl/N-ethyl adjacent to an activating group) is 2. The lowest BCUT2D eigenvalue weighted by Gasteiger charge is -2.42. The molecule has 0 bridgehead atoms. The SMILES string of the molecule is CCN(CC(C)C)C1CC(C)CCC1NC. The Balaban J connectivity index is 2.63. The molecule has 1 aliphatic rings. The van der Waals surface area contributed by atoms with Gasteiger partial charge in [-0.3, -0.25) is 4.90 Å². The van der Waals surface area contributed by atoms with Crippen molar-refractivity contribution in [3.8, 4) is 0 Å². The van der Waals surface area contributed by atoms with Crippen molar-refractivity contribution < 1.29 is 0 Å². The normalized spacial score (nSPS) is 31.3. The van der Waals surface area contributed by atoms with Crippen molar-refractivity contribution in [1.82, 2.24) is 10.2 Å². The first kappa shape index (κ1) is 14.0. The lowest BCUT2D eigenvalue weighted by Crippen LogP contribution is -2.53. The maximum Gasteiger partial charge on any atom is 0.0251 e. The predicted molar refractivity (Wildman–Crippen MR) is 71.7 cm³/mol. The third-order valence-corrected chi connectivity index (χ3v) is 3.92. The van der Waals surface area contributed by atoms with Gasteiger partial charge < -0.3 is 5.32 Å². The van der Waals surface area contributed by atoms with Gasteiger partial charge in [-0.2, -0.15) is 0 Å². The number of nitrogens with one attached hydrogen (secondary N) is 1. The maximum atomic E-state index is 3.52. The van der Waals surface area contributed by atoms with Crippen LogP contribution in [0, 0.1) is 11.8 Å². The lowest BCUT2D eigenvalue weighted by atomic mass is 9.82. The number of hydrogen-bond donors (Lipinski definition) is 1. The fraction of sp³-hybridized carbons (Fsp3) is 1.00. The van der Waals surface area contributed by atoms with Gasteiger partial charge in [-0.15, -0.1) is 0 Å². The van der Waals surface area contributed by atoms with Crippen LogP contribution < -0.4 is 5.32 Å². The summed E-state index contributed by atoms with van der Waals surface area (Å²) in [5, 5.41) is 3.52. The number of nitrogens with zero attached hydrogens (tertiary/aromatic N) is 1. The van der Waals surface area contributed by atoms with Gasteiger partial charge in [0, 0.05) is 18.6 Å². The van der Waals surface area contributed by atoms with E-state index in [1.807, 2.05) is 0 Å². The molecule has 0 radical (unpaired) electrons. The topological polar surface area (TPSA) is 15.3 Å². The summed E-state index contributed by atoms with van der Waals surface area (Å²) >= 11 is 0. The molecule has 1 saturated carbocycles. The molecule has 1 N–H and O–H groups in total. The molecule has 16 heavy (non-hydrogen) atoms. The second-order valence-electron chi connectivity index (χ2n) is 5.86. The molecule has 0 saturated heterocycles. The van der Waals surface area contributed by atoms with Gasteiger partial charge >= 0.3 is 0 Å². The van der Waals surface area contributed by atoms with Gasteiger partial charge in [0.2, 0.25) is 0 Å². The summed E-state index contributed by atoms with van der Waals surface area (Å²) in [5.74, 6) is 1.67. The maximum absolute atomic E-state index is 3.52. The quantitative estimate of drug-likeness (QED) is 0.775. The van der Waals surface area contributed by atoms with Crippen LogP contribution in [0.4, 0.5) is 0 Å². The fourth-order valence-electron chi connectivity index (χ4n) is 3.06. The Hall–Kier alpha value is -0.0800. The average molecular weight is 226 g/mol. The van der Waals surface area contributed by atoms with E-state index in [1.165, 1.54) is 32.4 Å². The van der Waals surface area contributed by atoms with Crippen LogP contribution in [-0.4, -0.2) is 37.1 Å². The van der Waals surface area contributed by atoms with E-state index in [9.17, 15) is 0 Å². The van der Waals surface area contributed by atoms with E-state index in [0.717, 1.165) is 17.9 Å². The van der Waals surface area contributed by atoms with E-state index in [4.69, 9.17) is 0 Å². The molecule has 0 amide bonds. The molecule has 1 rings (SSSR count). The van der Waals surface area contributed by atoms with Crippen molar-refractivity contribution in [3.63, 3.8) is 0 Å². The van der Waals surface area contributed by atoms with Gasteiger partial charge in [-0.1, -0.05) is 27.7 Å². The van der Waals surface area contributed by atoms with E-state index in [-0.39, 0.29) is 0 Å². The Labute approximate surface area is 102 Å². The summed E-state index contributed by atoms with van der Waals surface area (Å²) in [6, 6.07) is 1.45. The smallest absolute Gasteiger partial charge is 0.0251 e. The minimum absolute atomic E-state index is 0.704. The molecule has 0 aliphatic heterocycles. The Morgan fingerprint density at radius 2 is 2.00 bits per heavy atom. The van der Waals surface area contributed by atoms with Crippen molar-refractivity contribution in [2.45, 2.75) is 59.0 Å². The van der Waals surface area contributed by atoms with Crippen molar-refractivity contribution in [3.05, 3.63) is 0 Å². The van der Waals surface area contributed by atoms with Crippen LogP contribution in [-0.2, 0) is 0 Å². The first-order chi connectivity index (χ1) is 7.58. The zero-order chi connectivity index (χ0) is 12.1. The number of rotatable bonds is 5. The van der Waals surface area contributed by atoms with Crippen LogP contribution in [0.1, 0.15) is 47.0 Å². The Morgan fingerprint density at radius 3 is 2.50 bits per heavy atom. The second kappa shape index (κ2) is 6.61. The predicted octanol–water partition coefficient (Wildman–Crippen LogP) is 2.74. The largest absolute Gasteiger partial charge is 0.315 e. The fourth-order valence-corrected chi connectivity index (χ4v) is 3.06. The van der Waals surface area contributed by atoms with Crippen LogP contribution in [0.2, 0.25) is 0 Å². The van der Waals surface area contributed by atoms with Gasteiger partial charge in [0.1, 0.15) is 0 Å². The summed E-state index contributed by atoms with van der Waals surface area (Å²) in [4.78, 5) is 2.68. The Kier molecular flexibility index (Phi) is 5.77. The molecule has 3 atom stereocenters. The summed E-state index contributed by atoms with van der Waals surface area (Å²) in [6.07, 6.45) is 4.10. The van der Waals surface area contributed by atoms with Gasteiger partial charge in [-0.05, 0) is 44.7 Å². The lowest BCUT2D eigenvalue weighted by molar-refractivity contribution is 0.0980. The highest BCUT2D eigenvalue weighted by Crippen LogP contribution is 2.28. The molecule has 0 aromatic heterocycles. The minimum atomic E-state index is 0.704. The molecular weight excluding hydrogens is 196 g/mol. The first-order valence-electron chi connectivity index (χ1n) is 6.99. The molecule has 2 heteroatoms. The highest BCUT2D eigenvalue weighted by Gasteiger charge is 2.31. The van der Waals surface area contributed by atoms with Crippen molar-refractivity contribution in [2.24, 2.45) is 11.8 Å². The van der Waals surface area contributed by atoms with E-state index >= 15 is 0 Å². The Morgan fingerprint density at radius 1 is 1.31 bits per heavy atom. The van der Waals surface area contributed by atoms with Gasteiger partial charge in [0.25, 0.3) is 0 Å². The van der Waals surface area contributed by atoms with Crippen LogP contribution in [0.5, 0.6) is 0 Å². The average Bonchev–Trinajstić information content (AvgIpc) is 2.25. The minimum Gasteiger partial charge on any atom is -0.315 e.